The Hall–Kier alpha value is -2.69. The molecule has 120 valence electrons. The Kier molecular flexibility index (Phi) is 4.66. The Bertz CT molecular complexity index is 699. The van der Waals surface area contributed by atoms with Crippen molar-refractivity contribution in [3.8, 4) is 17.2 Å². The summed E-state index contributed by atoms with van der Waals surface area (Å²) in [6, 6.07) is 12.6. The molecule has 1 heterocycles. The minimum absolute atomic E-state index is 0.215. The van der Waals surface area contributed by atoms with E-state index in [0.717, 1.165) is 6.42 Å². The summed E-state index contributed by atoms with van der Waals surface area (Å²) in [5.74, 6) is 1.72. The summed E-state index contributed by atoms with van der Waals surface area (Å²) in [6.07, 6.45) is 0.831. The van der Waals surface area contributed by atoms with Gasteiger partial charge in [0.15, 0.2) is 11.5 Å². The van der Waals surface area contributed by atoms with Crippen molar-refractivity contribution in [1.29, 1.82) is 0 Å². The molecule has 0 radical (unpaired) electrons. The van der Waals surface area contributed by atoms with E-state index < -0.39 is 0 Å². The first-order chi connectivity index (χ1) is 11.3. The maximum atomic E-state index is 12.5. The van der Waals surface area contributed by atoms with Gasteiger partial charge in [-0.1, -0.05) is 12.1 Å². The van der Waals surface area contributed by atoms with Crippen LogP contribution in [0.15, 0.2) is 42.5 Å². The van der Waals surface area contributed by atoms with Crippen LogP contribution in [0.5, 0.6) is 17.2 Å². The van der Waals surface area contributed by atoms with Crippen LogP contribution in [0.2, 0.25) is 0 Å². The van der Waals surface area contributed by atoms with Gasteiger partial charge >= 0.3 is 0 Å². The molecule has 1 aliphatic heterocycles. The molecule has 5 nitrogen and oxygen atoms in total. The van der Waals surface area contributed by atoms with Crippen molar-refractivity contribution in [3.63, 3.8) is 0 Å². The Labute approximate surface area is 135 Å². The van der Waals surface area contributed by atoms with Crippen molar-refractivity contribution in [2.75, 3.05) is 25.1 Å². The van der Waals surface area contributed by atoms with E-state index in [4.69, 9.17) is 14.2 Å². The molecule has 0 aromatic heterocycles. The van der Waals surface area contributed by atoms with Gasteiger partial charge in [0, 0.05) is 12.0 Å². The molecule has 3 rings (SSSR count). The fourth-order valence-corrected chi connectivity index (χ4v) is 2.35. The zero-order chi connectivity index (χ0) is 16.1. The van der Waals surface area contributed by atoms with Gasteiger partial charge in [-0.2, -0.15) is 0 Å². The lowest BCUT2D eigenvalue weighted by Crippen LogP contribution is -2.13. The monoisotopic (exact) mass is 313 g/mol. The standard InChI is InChI=1S/C18H19NO4/c1-2-21-15-7-4-3-6-14(15)19-18(20)13-8-9-16-17(12-13)23-11-5-10-22-16/h3-4,6-9,12H,2,5,10-11H2,1H3,(H,19,20). The number of fused-ring (bicyclic) bond motifs is 1. The third-order valence-electron chi connectivity index (χ3n) is 3.44. The Morgan fingerprint density at radius 1 is 1.13 bits per heavy atom. The van der Waals surface area contributed by atoms with Gasteiger partial charge in [0.2, 0.25) is 0 Å². The highest BCUT2D eigenvalue weighted by Gasteiger charge is 2.15. The zero-order valence-corrected chi connectivity index (χ0v) is 13.0. The number of hydrogen-bond acceptors (Lipinski definition) is 4. The number of ether oxygens (including phenoxy) is 3. The van der Waals surface area contributed by atoms with Crippen molar-refractivity contribution < 1.29 is 19.0 Å². The molecule has 0 saturated heterocycles. The summed E-state index contributed by atoms with van der Waals surface area (Å²) < 4.78 is 16.7. The highest BCUT2D eigenvalue weighted by molar-refractivity contribution is 6.05. The molecule has 0 bridgehead atoms. The quantitative estimate of drug-likeness (QED) is 0.938. The molecular weight excluding hydrogens is 294 g/mol. The predicted molar refractivity (Wildman–Crippen MR) is 87.6 cm³/mol. The molecule has 0 saturated carbocycles. The number of anilines is 1. The van der Waals surface area contributed by atoms with Gasteiger partial charge in [-0.15, -0.1) is 0 Å². The number of para-hydroxylation sites is 2. The average molecular weight is 313 g/mol. The van der Waals surface area contributed by atoms with Crippen LogP contribution in [-0.2, 0) is 0 Å². The van der Waals surface area contributed by atoms with E-state index in [1.165, 1.54) is 0 Å². The third-order valence-corrected chi connectivity index (χ3v) is 3.44. The molecule has 2 aromatic rings. The zero-order valence-electron chi connectivity index (χ0n) is 13.0. The topological polar surface area (TPSA) is 56.8 Å². The predicted octanol–water partition coefficient (Wildman–Crippen LogP) is 3.50. The Morgan fingerprint density at radius 2 is 1.91 bits per heavy atom. The first-order valence-electron chi connectivity index (χ1n) is 7.71. The lowest BCUT2D eigenvalue weighted by molar-refractivity contribution is 0.102. The first-order valence-corrected chi connectivity index (χ1v) is 7.71. The summed E-state index contributed by atoms with van der Waals surface area (Å²) in [6.45, 7) is 3.66. The van der Waals surface area contributed by atoms with Gasteiger partial charge < -0.3 is 19.5 Å². The van der Waals surface area contributed by atoms with E-state index in [2.05, 4.69) is 5.32 Å². The molecule has 1 amide bonds. The third kappa shape index (κ3) is 3.56. The minimum atomic E-state index is -0.215. The van der Waals surface area contributed by atoms with Crippen molar-refractivity contribution >= 4 is 11.6 Å². The Balaban J connectivity index is 1.80. The molecule has 0 unspecified atom stereocenters. The summed E-state index contributed by atoms with van der Waals surface area (Å²) >= 11 is 0. The van der Waals surface area contributed by atoms with Crippen molar-refractivity contribution in [1.82, 2.24) is 0 Å². The molecule has 0 spiro atoms. The van der Waals surface area contributed by atoms with Gasteiger partial charge in [-0.25, -0.2) is 0 Å². The smallest absolute Gasteiger partial charge is 0.255 e. The fraction of sp³-hybridized carbons (Fsp3) is 0.278. The number of carbonyl (C=O) groups is 1. The molecule has 23 heavy (non-hydrogen) atoms. The lowest BCUT2D eigenvalue weighted by atomic mass is 10.1. The lowest BCUT2D eigenvalue weighted by Gasteiger charge is -2.12. The molecule has 1 aliphatic rings. The summed E-state index contributed by atoms with van der Waals surface area (Å²) in [5.41, 5.74) is 1.16. The summed E-state index contributed by atoms with van der Waals surface area (Å²) in [7, 11) is 0. The highest BCUT2D eigenvalue weighted by Crippen LogP contribution is 2.31. The van der Waals surface area contributed by atoms with Crippen molar-refractivity contribution in [2.45, 2.75) is 13.3 Å². The molecule has 0 aliphatic carbocycles. The largest absolute Gasteiger partial charge is 0.492 e. The van der Waals surface area contributed by atoms with Crippen LogP contribution in [0.1, 0.15) is 23.7 Å². The fourth-order valence-electron chi connectivity index (χ4n) is 2.35. The average Bonchev–Trinajstić information content (AvgIpc) is 2.81. The Morgan fingerprint density at radius 3 is 2.74 bits per heavy atom. The van der Waals surface area contributed by atoms with Crippen LogP contribution in [0, 0.1) is 0 Å². The number of hydrogen-bond donors (Lipinski definition) is 1. The van der Waals surface area contributed by atoms with Crippen molar-refractivity contribution in [2.24, 2.45) is 0 Å². The number of amides is 1. The molecule has 0 fully saturated rings. The molecule has 1 N–H and O–H groups in total. The SMILES string of the molecule is CCOc1ccccc1NC(=O)c1ccc2c(c1)OCCCO2. The summed E-state index contributed by atoms with van der Waals surface area (Å²) in [5, 5.41) is 2.87. The number of benzene rings is 2. The van der Waals surface area contributed by atoms with Crippen LogP contribution in [0.4, 0.5) is 5.69 Å². The molecular formula is C18H19NO4. The number of rotatable bonds is 4. The van der Waals surface area contributed by atoms with E-state index in [1.54, 1.807) is 18.2 Å². The number of carbonyl (C=O) groups excluding carboxylic acids is 1. The number of nitrogens with one attached hydrogen (secondary N) is 1. The second-order valence-electron chi connectivity index (χ2n) is 5.10. The van der Waals surface area contributed by atoms with Gasteiger partial charge in [0.05, 0.1) is 25.5 Å². The molecule has 0 atom stereocenters. The second kappa shape index (κ2) is 7.05. The second-order valence-corrected chi connectivity index (χ2v) is 5.10. The van der Waals surface area contributed by atoms with E-state index in [0.29, 0.717) is 48.3 Å². The van der Waals surface area contributed by atoms with Crippen LogP contribution >= 0.6 is 0 Å². The van der Waals surface area contributed by atoms with E-state index in [1.807, 2.05) is 31.2 Å². The maximum absolute atomic E-state index is 12.5. The highest BCUT2D eigenvalue weighted by atomic mass is 16.5. The molecule has 2 aromatic carbocycles. The first kappa shape index (κ1) is 15.2. The van der Waals surface area contributed by atoms with Gasteiger partial charge in [0.1, 0.15) is 5.75 Å². The minimum Gasteiger partial charge on any atom is -0.492 e. The van der Waals surface area contributed by atoms with E-state index in [9.17, 15) is 4.79 Å². The van der Waals surface area contributed by atoms with Gasteiger partial charge in [-0.3, -0.25) is 4.79 Å². The van der Waals surface area contributed by atoms with Gasteiger partial charge in [0.25, 0.3) is 5.91 Å². The van der Waals surface area contributed by atoms with Crippen LogP contribution in [0.25, 0.3) is 0 Å². The summed E-state index contributed by atoms with van der Waals surface area (Å²) in [4.78, 5) is 12.5. The maximum Gasteiger partial charge on any atom is 0.255 e. The van der Waals surface area contributed by atoms with Gasteiger partial charge in [-0.05, 0) is 37.3 Å². The van der Waals surface area contributed by atoms with Crippen LogP contribution in [-0.4, -0.2) is 25.7 Å². The molecule has 5 heteroatoms. The van der Waals surface area contributed by atoms with E-state index >= 15 is 0 Å². The van der Waals surface area contributed by atoms with E-state index in [-0.39, 0.29) is 5.91 Å². The van der Waals surface area contributed by atoms with Crippen LogP contribution < -0.4 is 19.5 Å². The van der Waals surface area contributed by atoms with Crippen LogP contribution in [0.3, 0.4) is 0 Å². The van der Waals surface area contributed by atoms with Crippen molar-refractivity contribution in [3.05, 3.63) is 48.0 Å². The normalized spacial score (nSPS) is 13.1.